The van der Waals surface area contributed by atoms with Crippen molar-refractivity contribution in [3.05, 3.63) is 24.3 Å². The Balaban J connectivity index is 4.31. The summed E-state index contributed by atoms with van der Waals surface area (Å²) in [5, 5.41) is 0. The van der Waals surface area contributed by atoms with Crippen LogP contribution >= 0.6 is 0 Å². The van der Waals surface area contributed by atoms with Gasteiger partial charge in [0.05, 0.1) is 0 Å². The zero-order valence-corrected chi connectivity index (χ0v) is 18.4. The number of carbonyl (C=O) groups is 4. The lowest BCUT2D eigenvalue weighted by Crippen LogP contribution is -2.22. The molecule has 0 unspecified atom stereocenters. The standard InChI is InChI=1S/C24H38O4/c1-7-8-9-10-18(4)14-23(27)20(6)16-24(28)19(5)15-22(26)12-11-21(25)13-17(2)3/h7,13,18-20H,1,8-12,14-16H2,2-6H3/t18-,19-,20+/m0/s1. The molecule has 0 aromatic carbocycles. The Labute approximate surface area is 170 Å². The highest BCUT2D eigenvalue weighted by Gasteiger charge is 2.23. The van der Waals surface area contributed by atoms with Gasteiger partial charge in [0.15, 0.2) is 5.78 Å². The van der Waals surface area contributed by atoms with Crippen LogP contribution in [-0.4, -0.2) is 23.1 Å². The second-order valence-electron chi connectivity index (χ2n) is 8.40. The zero-order valence-electron chi connectivity index (χ0n) is 18.4. The Morgan fingerprint density at radius 3 is 2.00 bits per heavy atom. The molecule has 0 aliphatic rings. The molecule has 0 aromatic rings. The van der Waals surface area contributed by atoms with E-state index in [1.807, 2.05) is 19.9 Å². The molecule has 3 atom stereocenters. The lowest BCUT2D eigenvalue weighted by molar-refractivity contribution is -0.131. The number of rotatable bonds is 16. The van der Waals surface area contributed by atoms with Crippen LogP contribution in [0.25, 0.3) is 0 Å². The molecule has 0 rings (SSSR count). The summed E-state index contributed by atoms with van der Waals surface area (Å²) in [7, 11) is 0. The van der Waals surface area contributed by atoms with Gasteiger partial charge in [0.25, 0.3) is 0 Å². The van der Waals surface area contributed by atoms with Crippen molar-refractivity contribution in [1.82, 2.24) is 0 Å². The zero-order chi connectivity index (χ0) is 21.7. The smallest absolute Gasteiger partial charge is 0.156 e. The summed E-state index contributed by atoms with van der Waals surface area (Å²) in [5.41, 5.74) is 0.912. The molecule has 0 amide bonds. The van der Waals surface area contributed by atoms with Crippen LogP contribution in [0.4, 0.5) is 0 Å². The van der Waals surface area contributed by atoms with E-state index in [0.717, 1.165) is 24.8 Å². The second-order valence-corrected chi connectivity index (χ2v) is 8.40. The van der Waals surface area contributed by atoms with Gasteiger partial charge in [-0.25, -0.2) is 0 Å². The lowest BCUT2D eigenvalue weighted by atomic mass is 9.87. The van der Waals surface area contributed by atoms with E-state index < -0.39 is 5.92 Å². The van der Waals surface area contributed by atoms with Crippen LogP contribution in [0.3, 0.4) is 0 Å². The maximum absolute atomic E-state index is 12.4. The molecule has 0 N–H and O–H groups in total. The van der Waals surface area contributed by atoms with E-state index in [9.17, 15) is 19.2 Å². The van der Waals surface area contributed by atoms with E-state index in [2.05, 4.69) is 13.5 Å². The third-order valence-corrected chi connectivity index (χ3v) is 4.90. The molecule has 4 heteroatoms. The predicted octanol–water partition coefficient (Wildman–Crippen LogP) is 5.44. The quantitative estimate of drug-likeness (QED) is 0.200. The van der Waals surface area contributed by atoms with Crippen molar-refractivity contribution >= 4 is 23.1 Å². The van der Waals surface area contributed by atoms with Gasteiger partial charge >= 0.3 is 0 Å². The highest BCUT2D eigenvalue weighted by atomic mass is 16.1. The topological polar surface area (TPSA) is 68.3 Å². The summed E-state index contributed by atoms with van der Waals surface area (Å²) < 4.78 is 0. The summed E-state index contributed by atoms with van der Waals surface area (Å²) in [6, 6.07) is 0. The minimum Gasteiger partial charge on any atom is -0.300 e. The van der Waals surface area contributed by atoms with Crippen molar-refractivity contribution in [2.75, 3.05) is 0 Å². The minimum absolute atomic E-state index is 0.0517. The average Bonchev–Trinajstić information content (AvgIpc) is 2.59. The van der Waals surface area contributed by atoms with Crippen molar-refractivity contribution < 1.29 is 19.2 Å². The molecule has 0 aliphatic carbocycles. The molecule has 0 aromatic heterocycles. The summed E-state index contributed by atoms with van der Waals surface area (Å²) in [4.78, 5) is 48.4. The van der Waals surface area contributed by atoms with Crippen LogP contribution in [-0.2, 0) is 19.2 Å². The van der Waals surface area contributed by atoms with E-state index in [0.29, 0.717) is 12.3 Å². The Morgan fingerprint density at radius 2 is 1.43 bits per heavy atom. The van der Waals surface area contributed by atoms with Crippen molar-refractivity contribution in [3.63, 3.8) is 0 Å². The number of Topliss-reactive ketones (excluding diaryl/α,β-unsaturated/α-hetero) is 3. The highest BCUT2D eigenvalue weighted by molar-refractivity contribution is 5.95. The molecule has 0 radical (unpaired) electrons. The van der Waals surface area contributed by atoms with Gasteiger partial charge in [0.1, 0.15) is 17.3 Å². The molecule has 0 saturated carbocycles. The molecular weight excluding hydrogens is 352 g/mol. The van der Waals surface area contributed by atoms with Crippen molar-refractivity contribution in [3.8, 4) is 0 Å². The number of carbonyl (C=O) groups excluding carboxylic acids is 4. The number of allylic oxidation sites excluding steroid dienone is 3. The number of ketones is 4. The van der Waals surface area contributed by atoms with Crippen molar-refractivity contribution in [2.24, 2.45) is 17.8 Å². The normalized spacial score (nSPS) is 13.9. The first-order chi connectivity index (χ1) is 13.1. The predicted molar refractivity (Wildman–Crippen MR) is 114 cm³/mol. The average molecular weight is 391 g/mol. The van der Waals surface area contributed by atoms with E-state index in [4.69, 9.17) is 0 Å². The molecular formula is C24H38O4. The molecule has 158 valence electrons. The van der Waals surface area contributed by atoms with Gasteiger partial charge in [-0.05, 0) is 45.1 Å². The lowest BCUT2D eigenvalue weighted by Gasteiger charge is -2.16. The first kappa shape index (κ1) is 26.2. The monoisotopic (exact) mass is 390 g/mol. The van der Waals surface area contributed by atoms with E-state index >= 15 is 0 Å². The Bertz CT molecular complexity index is 581. The number of hydrogen-bond donors (Lipinski definition) is 0. The highest BCUT2D eigenvalue weighted by Crippen LogP contribution is 2.19. The Kier molecular flexibility index (Phi) is 13.3. The molecule has 0 spiro atoms. The van der Waals surface area contributed by atoms with Gasteiger partial charge in [-0.2, -0.15) is 0 Å². The SMILES string of the molecule is C=CCCC[C@H](C)CC(=O)[C@H](C)CC(=O)[C@@H](C)CC(=O)CCC(=O)C=C(C)C. The molecule has 0 saturated heterocycles. The second kappa shape index (κ2) is 14.2. The number of hydrogen-bond acceptors (Lipinski definition) is 4. The van der Waals surface area contributed by atoms with Gasteiger partial charge in [-0.3, -0.25) is 19.2 Å². The summed E-state index contributed by atoms with van der Waals surface area (Å²) in [6.45, 7) is 13.0. The first-order valence-electron chi connectivity index (χ1n) is 10.4. The number of unbranched alkanes of at least 4 members (excludes halogenated alkanes) is 1. The summed E-state index contributed by atoms with van der Waals surface area (Å²) in [6.07, 6.45) is 7.55. The van der Waals surface area contributed by atoms with E-state index in [1.54, 1.807) is 13.8 Å². The molecule has 4 nitrogen and oxygen atoms in total. The maximum atomic E-state index is 12.4. The van der Waals surface area contributed by atoms with Crippen LogP contribution in [0.5, 0.6) is 0 Å². The molecule has 0 fully saturated rings. The van der Waals surface area contributed by atoms with Crippen LogP contribution in [0, 0.1) is 17.8 Å². The largest absolute Gasteiger partial charge is 0.300 e. The van der Waals surface area contributed by atoms with Crippen molar-refractivity contribution in [1.29, 1.82) is 0 Å². The van der Waals surface area contributed by atoms with Crippen LogP contribution in [0.1, 0.15) is 86.0 Å². The Morgan fingerprint density at radius 1 is 0.857 bits per heavy atom. The third-order valence-electron chi connectivity index (χ3n) is 4.90. The van der Waals surface area contributed by atoms with Gasteiger partial charge < -0.3 is 0 Å². The molecule has 28 heavy (non-hydrogen) atoms. The van der Waals surface area contributed by atoms with Gasteiger partial charge in [0.2, 0.25) is 0 Å². The fraction of sp³-hybridized carbons (Fsp3) is 0.667. The molecule has 0 bridgehead atoms. The van der Waals surface area contributed by atoms with E-state index in [1.165, 1.54) is 6.08 Å². The summed E-state index contributed by atoms with van der Waals surface area (Å²) in [5.74, 6) is -0.491. The van der Waals surface area contributed by atoms with Gasteiger partial charge in [0, 0.05) is 43.9 Å². The minimum atomic E-state index is -0.411. The van der Waals surface area contributed by atoms with Crippen LogP contribution < -0.4 is 0 Å². The Hall–Kier alpha value is -1.84. The first-order valence-corrected chi connectivity index (χ1v) is 10.4. The summed E-state index contributed by atoms with van der Waals surface area (Å²) >= 11 is 0. The van der Waals surface area contributed by atoms with Crippen LogP contribution in [0.15, 0.2) is 24.3 Å². The maximum Gasteiger partial charge on any atom is 0.156 e. The fourth-order valence-corrected chi connectivity index (χ4v) is 3.09. The van der Waals surface area contributed by atoms with Crippen molar-refractivity contribution in [2.45, 2.75) is 86.0 Å². The molecule has 0 heterocycles. The van der Waals surface area contributed by atoms with Crippen LogP contribution in [0.2, 0.25) is 0 Å². The van der Waals surface area contributed by atoms with E-state index in [-0.39, 0.29) is 54.7 Å². The third kappa shape index (κ3) is 12.5. The molecule has 0 aliphatic heterocycles. The van der Waals surface area contributed by atoms with Gasteiger partial charge in [-0.1, -0.05) is 32.4 Å². The fourth-order valence-electron chi connectivity index (χ4n) is 3.09. The van der Waals surface area contributed by atoms with Gasteiger partial charge in [-0.15, -0.1) is 6.58 Å².